The van der Waals surface area contributed by atoms with Crippen LogP contribution in [0, 0.1) is 5.82 Å². The van der Waals surface area contributed by atoms with E-state index >= 15 is 0 Å². The summed E-state index contributed by atoms with van der Waals surface area (Å²) < 4.78 is 18.3. The number of benzene rings is 2. The Morgan fingerprint density at radius 2 is 1.93 bits per heavy atom. The first-order valence-corrected chi connectivity index (χ1v) is 8.38. The number of carbonyl (C=O) groups excluding carboxylic acids is 1. The van der Waals surface area contributed by atoms with E-state index in [-0.39, 0.29) is 10.7 Å². The van der Waals surface area contributed by atoms with Crippen LogP contribution in [0.4, 0.5) is 15.9 Å². The van der Waals surface area contributed by atoms with Crippen molar-refractivity contribution >= 4 is 29.0 Å². The van der Waals surface area contributed by atoms with Crippen molar-refractivity contribution in [2.24, 2.45) is 0 Å². The van der Waals surface area contributed by atoms with Crippen LogP contribution in [0.25, 0.3) is 0 Å². The Balaban J connectivity index is 1.58. The number of rotatable bonds is 6. The second-order valence-corrected chi connectivity index (χ2v) is 5.98. The van der Waals surface area contributed by atoms with Crippen LogP contribution in [0.5, 0.6) is 5.75 Å². The number of ether oxygens (including phenoxy) is 1. The van der Waals surface area contributed by atoms with E-state index < -0.39 is 11.7 Å². The molecule has 3 rings (SSSR count). The molecule has 0 aliphatic carbocycles. The molecule has 1 aromatic heterocycles. The van der Waals surface area contributed by atoms with Crippen molar-refractivity contribution in [2.75, 3.05) is 17.7 Å². The van der Waals surface area contributed by atoms with Crippen molar-refractivity contribution in [3.8, 4) is 5.75 Å². The summed E-state index contributed by atoms with van der Waals surface area (Å²) in [5, 5.41) is 5.64. The Kier molecular flexibility index (Phi) is 5.83. The summed E-state index contributed by atoms with van der Waals surface area (Å²) in [6.07, 6.45) is 2.83. The first-order valence-electron chi connectivity index (χ1n) is 8.00. The van der Waals surface area contributed by atoms with Gasteiger partial charge in [0, 0.05) is 12.2 Å². The summed E-state index contributed by atoms with van der Waals surface area (Å²) in [6.45, 7) is 0.554. The number of hydrogen-bond donors (Lipinski definition) is 2. The number of carbonyl (C=O) groups is 1. The zero-order chi connectivity index (χ0) is 19.2. The highest BCUT2D eigenvalue weighted by atomic mass is 35.5. The maximum Gasteiger partial charge on any atom is 0.275 e. The summed E-state index contributed by atoms with van der Waals surface area (Å²) >= 11 is 5.70. The van der Waals surface area contributed by atoms with Gasteiger partial charge >= 0.3 is 0 Å². The molecule has 0 fully saturated rings. The van der Waals surface area contributed by atoms with Crippen LogP contribution in [0.3, 0.4) is 0 Å². The normalized spacial score (nSPS) is 10.3. The zero-order valence-corrected chi connectivity index (χ0v) is 15.1. The van der Waals surface area contributed by atoms with Crippen molar-refractivity contribution in [2.45, 2.75) is 6.54 Å². The second kappa shape index (κ2) is 8.46. The average Bonchev–Trinajstić information content (AvgIpc) is 2.70. The monoisotopic (exact) mass is 386 g/mol. The van der Waals surface area contributed by atoms with Gasteiger partial charge in [0.2, 0.25) is 0 Å². The Morgan fingerprint density at radius 1 is 1.15 bits per heavy atom. The van der Waals surface area contributed by atoms with Crippen molar-refractivity contribution < 1.29 is 13.9 Å². The molecule has 0 bridgehead atoms. The van der Waals surface area contributed by atoms with Crippen molar-refractivity contribution in [3.05, 3.63) is 77.0 Å². The second-order valence-electron chi connectivity index (χ2n) is 5.57. The number of halogens is 2. The predicted octanol–water partition coefficient (Wildman–Crippen LogP) is 4.14. The molecular weight excluding hydrogens is 371 g/mol. The molecule has 6 nitrogen and oxygen atoms in total. The van der Waals surface area contributed by atoms with Gasteiger partial charge in [-0.3, -0.25) is 4.79 Å². The van der Waals surface area contributed by atoms with Gasteiger partial charge in [-0.2, -0.15) is 0 Å². The van der Waals surface area contributed by atoms with E-state index in [1.165, 1.54) is 30.6 Å². The van der Waals surface area contributed by atoms with Crippen LogP contribution < -0.4 is 15.4 Å². The molecule has 0 saturated carbocycles. The van der Waals surface area contributed by atoms with E-state index in [0.29, 0.717) is 18.1 Å². The molecule has 3 aromatic rings. The van der Waals surface area contributed by atoms with Gasteiger partial charge in [-0.1, -0.05) is 23.7 Å². The van der Waals surface area contributed by atoms with Crippen LogP contribution in [0.1, 0.15) is 16.1 Å². The van der Waals surface area contributed by atoms with Crippen molar-refractivity contribution in [3.63, 3.8) is 0 Å². The summed E-state index contributed by atoms with van der Waals surface area (Å²) in [7, 11) is 1.62. The fraction of sp³-hybridized carbons (Fsp3) is 0.105. The van der Waals surface area contributed by atoms with Gasteiger partial charge in [-0.25, -0.2) is 14.4 Å². The molecule has 0 atom stereocenters. The van der Waals surface area contributed by atoms with Crippen LogP contribution >= 0.6 is 11.6 Å². The van der Waals surface area contributed by atoms with Gasteiger partial charge in [0.1, 0.15) is 23.1 Å². The third-order valence-electron chi connectivity index (χ3n) is 3.69. The Labute approximate surface area is 160 Å². The van der Waals surface area contributed by atoms with E-state index in [2.05, 4.69) is 20.6 Å². The first kappa shape index (κ1) is 18.6. The smallest absolute Gasteiger partial charge is 0.275 e. The molecule has 27 heavy (non-hydrogen) atoms. The fourth-order valence-corrected chi connectivity index (χ4v) is 2.42. The Morgan fingerprint density at radius 3 is 2.56 bits per heavy atom. The third-order valence-corrected chi connectivity index (χ3v) is 3.98. The average molecular weight is 387 g/mol. The molecule has 138 valence electrons. The van der Waals surface area contributed by atoms with Gasteiger partial charge in [0.25, 0.3) is 5.91 Å². The summed E-state index contributed by atoms with van der Waals surface area (Å²) in [6, 6.07) is 11.5. The number of hydrogen-bond acceptors (Lipinski definition) is 5. The fourth-order valence-electron chi connectivity index (χ4n) is 2.24. The minimum absolute atomic E-state index is 0.0723. The van der Waals surface area contributed by atoms with Crippen LogP contribution in [-0.4, -0.2) is 23.0 Å². The highest BCUT2D eigenvalue weighted by Gasteiger charge is 2.10. The Hall–Kier alpha value is -3.19. The lowest BCUT2D eigenvalue weighted by Crippen LogP contribution is -2.14. The van der Waals surface area contributed by atoms with Crippen molar-refractivity contribution in [1.82, 2.24) is 9.97 Å². The number of nitrogens with zero attached hydrogens (tertiary/aromatic N) is 2. The molecule has 0 radical (unpaired) electrons. The van der Waals surface area contributed by atoms with Gasteiger partial charge in [-0.15, -0.1) is 0 Å². The van der Waals surface area contributed by atoms with Crippen LogP contribution in [0.15, 0.2) is 54.9 Å². The molecule has 2 aromatic carbocycles. The molecule has 8 heteroatoms. The highest BCUT2D eigenvalue weighted by Crippen LogP contribution is 2.19. The SMILES string of the molecule is COc1ccc(CNc2cnc(C(=O)Nc3ccc(F)c(Cl)c3)cn2)cc1. The number of methoxy groups -OCH3 is 1. The van der Waals surface area contributed by atoms with Gasteiger partial charge in [0.05, 0.1) is 24.5 Å². The molecular formula is C19H16ClFN4O2. The maximum absolute atomic E-state index is 13.2. The number of amides is 1. The molecule has 0 unspecified atom stereocenters. The summed E-state index contributed by atoms with van der Waals surface area (Å²) in [4.78, 5) is 20.4. The molecule has 0 saturated heterocycles. The molecule has 0 spiro atoms. The van der Waals surface area contributed by atoms with Crippen LogP contribution in [-0.2, 0) is 6.54 Å². The number of aromatic nitrogens is 2. The molecule has 1 amide bonds. The number of anilines is 2. The molecule has 0 aliphatic rings. The zero-order valence-electron chi connectivity index (χ0n) is 14.4. The topological polar surface area (TPSA) is 76.1 Å². The van der Waals surface area contributed by atoms with Crippen molar-refractivity contribution in [1.29, 1.82) is 0 Å². The van der Waals surface area contributed by atoms with Gasteiger partial charge in [-0.05, 0) is 35.9 Å². The largest absolute Gasteiger partial charge is 0.497 e. The first-order chi connectivity index (χ1) is 13.0. The summed E-state index contributed by atoms with van der Waals surface area (Å²) in [5.74, 6) is 0.303. The molecule has 1 heterocycles. The lowest BCUT2D eigenvalue weighted by molar-refractivity contribution is 0.102. The Bertz CT molecular complexity index is 933. The molecule has 0 aliphatic heterocycles. The third kappa shape index (κ3) is 4.92. The maximum atomic E-state index is 13.2. The lowest BCUT2D eigenvalue weighted by Gasteiger charge is -2.08. The van der Waals surface area contributed by atoms with Crippen LogP contribution in [0.2, 0.25) is 5.02 Å². The number of nitrogens with one attached hydrogen (secondary N) is 2. The predicted molar refractivity (Wildman–Crippen MR) is 102 cm³/mol. The minimum Gasteiger partial charge on any atom is -0.497 e. The summed E-state index contributed by atoms with van der Waals surface area (Å²) in [5.41, 5.74) is 1.55. The standard InChI is InChI=1S/C19H16ClFN4O2/c1-27-14-5-2-12(3-6-14)9-23-18-11-22-17(10-24-18)19(26)25-13-4-7-16(21)15(20)8-13/h2-8,10-11H,9H2,1H3,(H,23,24)(H,25,26). The van der Waals surface area contributed by atoms with E-state index in [4.69, 9.17) is 16.3 Å². The lowest BCUT2D eigenvalue weighted by atomic mass is 10.2. The highest BCUT2D eigenvalue weighted by molar-refractivity contribution is 6.31. The van der Waals surface area contributed by atoms with E-state index in [1.807, 2.05) is 24.3 Å². The van der Waals surface area contributed by atoms with E-state index in [9.17, 15) is 9.18 Å². The molecule has 2 N–H and O–H groups in total. The quantitative estimate of drug-likeness (QED) is 0.665. The van der Waals surface area contributed by atoms with E-state index in [1.54, 1.807) is 7.11 Å². The minimum atomic E-state index is -0.554. The van der Waals surface area contributed by atoms with Gasteiger partial charge in [0.15, 0.2) is 0 Å². The van der Waals surface area contributed by atoms with Gasteiger partial charge < -0.3 is 15.4 Å². The van der Waals surface area contributed by atoms with E-state index in [0.717, 1.165) is 11.3 Å².